The van der Waals surface area contributed by atoms with E-state index >= 15 is 0 Å². The summed E-state index contributed by atoms with van der Waals surface area (Å²) in [5.74, 6) is 3.82. The van der Waals surface area contributed by atoms with Crippen molar-refractivity contribution in [1.29, 1.82) is 0 Å². The monoisotopic (exact) mass is 300 g/mol. The lowest BCUT2D eigenvalue weighted by molar-refractivity contribution is 0.0243. The minimum absolute atomic E-state index is 0.0644. The van der Waals surface area contributed by atoms with Gasteiger partial charge >= 0.3 is 0 Å². The van der Waals surface area contributed by atoms with Crippen LogP contribution < -0.4 is 0 Å². The van der Waals surface area contributed by atoms with E-state index < -0.39 is 0 Å². The van der Waals surface area contributed by atoms with Gasteiger partial charge in [0.2, 0.25) is 0 Å². The van der Waals surface area contributed by atoms with Crippen LogP contribution in [0.1, 0.15) is 46.0 Å². The number of hydrogen-bond donors (Lipinski definition) is 1. The first-order valence-electron chi connectivity index (χ1n) is 9.01. The van der Waals surface area contributed by atoms with E-state index in [0.29, 0.717) is 17.3 Å². The second-order valence-electron chi connectivity index (χ2n) is 8.03. The van der Waals surface area contributed by atoms with Gasteiger partial charge in [-0.05, 0) is 79.9 Å². The molecule has 6 atom stereocenters. The molecule has 120 valence electrons. The predicted molar refractivity (Wildman–Crippen MR) is 88.1 cm³/mol. The molecule has 0 aromatic rings. The van der Waals surface area contributed by atoms with Gasteiger partial charge in [0.1, 0.15) is 5.76 Å². The Morgan fingerprint density at radius 1 is 1.36 bits per heavy atom. The lowest BCUT2D eigenvalue weighted by Crippen LogP contribution is -2.42. The van der Waals surface area contributed by atoms with E-state index in [1.54, 1.807) is 0 Å². The minimum atomic E-state index is -0.0644. The molecule has 4 rings (SSSR count). The Balaban J connectivity index is 1.61. The van der Waals surface area contributed by atoms with Gasteiger partial charge in [-0.3, -0.25) is 0 Å². The van der Waals surface area contributed by atoms with Gasteiger partial charge in [0.25, 0.3) is 0 Å². The van der Waals surface area contributed by atoms with Crippen LogP contribution in [0.15, 0.2) is 35.6 Å². The van der Waals surface area contributed by atoms with Gasteiger partial charge in [-0.1, -0.05) is 19.1 Å². The summed E-state index contributed by atoms with van der Waals surface area (Å²) >= 11 is 0. The number of aliphatic hydroxyl groups excluding tert-OH is 1. The molecule has 22 heavy (non-hydrogen) atoms. The summed E-state index contributed by atoms with van der Waals surface area (Å²) in [6.07, 6.45) is 15.0. The molecule has 0 aliphatic heterocycles. The first kappa shape index (κ1) is 14.6. The lowest BCUT2D eigenvalue weighted by atomic mass is 9.54. The topological polar surface area (TPSA) is 29.5 Å². The van der Waals surface area contributed by atoms with Gasteiger partial charge in [0.05, 0.1) is 12.7 Å². The first-order chi connectivity index (χ1) is 10.6. The zero-order chi connectivity index (χ0) is 15.3. The molecule has 0 amide bonds. The summed E-state index contributed by atoms with van der Waals surface area (Å²) in [6, 6.07) is 0. The van der Waals surface area contributed by atoms with Crippen LogP contribution in [0.5, 0.6) is 0 Å². The van der Waals surface area contributed by atoms with E-state index in [9.17, 15) is 5.11 Å². The van der Waals surface area contributed by atoms with Gasteiger partial charge in [-0.2, -0.15) is 0 Å². The Hall–Kier alpha value is -1.02. The number of allylic oxidation sites excluding steroid dienone is 5. The summed E-state index contributed by atoms with van der Waals surface area (Å²) in [4.78, 5) is 0. The molecule has 4 aliphatic rings. The first-order valence-corrected chi connectivity index (χ1v) is 9.01. The molecule has 2 heteroatoms. The molecule has 0 heterocycles. The zero-order valence-electron chi connectivity index (χ0n) is 13.8. The number of fused-ring (bicyclic) bond motifs is 5. The maximum absolute atomic E-state index is 10.2. The molecule has 0 unspecified atom stereocenters. The van der Waals surface area contributed by atoms with Crippen molar-refractivity contribution in [2.24, 2.45) is 29.1 Å². The molecule has 0 spiro atoms. The highest BCUT2D eigenvalue weighted by molar-refractivity contribution is 5.39. The molecular weight excluding hydrogens is 272 g/mol. The van der Waals surface area contributed by atoms with Gasteiger partial charge in [-0.15, -0.1) is 0 Å². The molecule has 0 bridgehead atoms. The third kappa shape index (κ3) is 2.19. The van der Waals surface area contributed by atoms with E-state index in [-0.39, 0.29) is 6.10 Å². The van der Waals surface area contributed by atoms with Crippen LogP contribution in [0.25, 0.3) is 0 Å². The number of aliphatic hydroxyl groups is 1. The standard InChI is InChI=1S/C20H28O2/c1-3-22-15-5-7-16-13(10-15)4-6-18-17(16)8-9-20(2)12-14(21)11-19(18)20/h4-5,7,10,14,16-19,21H,3,6,8-9,11-12H2,1-2H3/t14-,16+,17-,18-,19+,20-/m1/s1. The minimum Gasteiger partial charge on any atom is -0.494 e. The second-order valence-corrected chi connectivity index (χ2v) is 8.03. The summed E-state index contributed by atoms with van der Waals surface area (Å²) in [6.45, 7) is 5.20. The molecule has 0 radical (unpaired) electrons. The van der Waals surface area contributed by atoms with Crippen LogP contribution in [0.2, 0.25) is 0 Å². The van der Waals surface area contributed by atoms with Crippen LogP contribution >= 0.6 is 0 Å². The van der Waals surface area contributed by atoms with Crippen LogP contribution in [0.4, 0.5) is 0 Å². The third-order valence-electron chi connectivity index (χ3n) is 6.80. The van der Waals surface area contributed by atoms with E-state index in [1.165, 1.54) is 24.8 Å². The third-order valence-corrected chi connectivity index (χ3v) is 6.80. The van der Waals surface area contributed by atoms with Gasteiger partial charge in [0.15, 0.2) is 0 Å². The molecule has 0 aromatic heterocycles. The van der Waals surface area contributed by atoms with Crippen LogP contribution in [0.3, 0.4) is 0 Å². The fraction of sp³-hybridized carbons (Fsp3) is 0.700. The summed E-state index contributed by atoms with van der Waals surface area (Å²) in [5.41, 5.74) is 1.85. The van der Waals surface area contributed by atoms with Crippen molar-refractivity contribution in [2.45, 2.75) is 52.1 Å². The molecule has 4 aliphatic carbocycles. The van der Waals surface area contributed by atoms with Crippen molar-refractivity contribution in [3.05, 3.63) is 35.6 Å². The maximum Gasteiger partial charge on any atom is 0.119 e. The van der Waals surface area contributed by atoms with Gasteiger partial charge < -0.3 is 9.84 Å². The number of rotatable bonds is 2. The average molecular weight is 300 g/mol. The van der Waals surface area contributed by atoms with Crippen molar-refractivity contribution in [3.8, 4) is 0 Å². The Kier molecular flexibility index (Phi) is 3.48. The van der Waals surface area contributed by atoms with Crippen molar-refractivity contribution in [1.82, 2.24) is 0 Å². The highest BCUT2D eigenvalue weighted by Gasteiger charge is 2.53. The van der Waals surface area contributed by atoms with Gasteiger partial charge in [0, 0.05) is 5.92 Å². The fourth-order valence-electron chi connectivity index (χ4n) is 5.86. The highest BCUT2D eigenvalue weighted by Crippen LogP contribution is 2.60. The predicted octanol–water partition coefficient (Wildman–Crippen LogP) is 4.23. The van der Waals surface area contributed by atoms with E-state index in [1.807, 2.05) is 6.92 Å². The van der Waals surface area contributed by atoms with Crippen LogP contribution in [-0.2, 0) is 4.74 Å². The summed E-state index contributed by atoms with van der Waals surface area (Å²) < 4.78 is 5.67. The summed E-state index contributed by atoms with van der Waals surface area (Å²) in [5, 5.41) is 10.2. The van der Waals surface area contributed by atoms with Gasteiger partial charge in [-0.25, -0.2) is 0 Å². The van der Waals surface area contributed by atoms with Crippen molar-refractivity contribution >= 4 is 0 Å². The molecular formula is C20H28O2. The highest BCUT2D eigenvalue weighted by atomic mass is 16.5. The zero-order valence-corrected chi connectivity index (χ0v) is 13.8. The van der Waals surface area contributed by atoms with E-state index in [4.69, 9.17) is 4.74 Å². The Morgan fingerprint density at radius 2 is 2.23 bits per heavy atom. The van der Waals surface area contributed by atoms with Crippen LogP contribution in [0, 0.1) is 29.1 Å². The molecule has 0 aromatic carbocycles. The Morgan fingerprint density at radius 3 is 3.05 bits per heavy atom. The molecule has 2 nitrogen and oxygen atoms in total. The van der Waals surface area contributed by atoms with Crippen LogP contribution in [-0.4, -0.2) is 17.8 Å². The normalized spacial score (nSPS) is 46.2. The second kappa shape index (κ2) is 5.26. The van der Waals surface area contributed by atoms with Crippen molar-refractivity contribution < 1.29 is 9.84 Å². The molecule has 0 saturated heterocycles. The fourth-order valence-corrected chi connectivity index (χ4v) is 5.86. The molecule has 2 saturated carbocycles. The maximum atomic E-state index is 10.2. The SMILES string of the molecule is CCOC1=CC2=CC[C@@H]3[C@H](CC[C@]4(C)C[C@H](O)C[C@@H]34)[C@H]2C=C1. The lowest BCUT2D eigenvalue weighted by Gasteiger charge is -2.50. The molecule has 1 N–H and O–H groups in total. The smallest absolute Gasteiger partial charge is 0.119 e. The van der Waals surface area contributed by atoms with E-state index in [2.05, 4.69) is 31.2 Å². The average Bonchev–Trinajstić information content (AvgIpc) is 2.81. The number of ether oxygens (including phenoxy) is 1. The Bertz CT molecular complexity index is 544. The van der Waals surface area contributed by atoms with E-state index in [0.717, 1.165) is 37.0 Å². The largest absolute Gasteiger partial charge is 0.494 e. The summed E-state index contributed by atoms with van der Waals surface area (Å²) in [7, 11) is 0. The Labute approximate surface area is 133 Å². The molecule has 2 fully saturated rings. The number of hydrogen-bond acceptors (Lipinski definition) is 2. The van der Waals surface area contributed by atoms with Crippen molar-refractivity contribution in [2.75, 3.05) is 6.61 Å². The van der Waals surface area contributed by atoms with Crippen molar-refractivity contribution in [3.63, 3.8) is 0 Å². The quantitative estimate of drug-likeness (QED) is 0.827.